The molecule has 1 N–H and O–H groups in total. The molecule has 0 amide bonds. The first-order chi connectivity index (χ1) is 16.4. The van der Waals surface area contributed by atoms with Crippen molar-refractivity contribution in [1.29, 1.82) is 0 Å². The molecule has 1 aliphatic rings. The monoisotopic (exact) mass is 466 g/mol. The van der Waals surface area contributed by atoms with Gasteiger partial charge >= 0.3 is 0 Å². The van der Waals surface area contributed by atoms with Crippen LogP contribution in [0.2, 0.25) is 0 Å². The number of halogens is 3. The minimum absolute atomic E-state index is 0.0170. The number of benzene rings is 2. The van der Waals surface area contributed by atoms with Crippen molar-refractivity contribution in [2.75, 3.05) is 38.7 Å². The molecule has 0 radical (unpaired) electrons. The second kappa shape index (κ2) is 8.88. The standard InChI is InChI=1S/C24H21F3N6O/c1-31-9-11-32(12-10-31)30-24-28-14-16-13-20(22(34)15-5-7-17(25)8-6-15)33(23(16)29-24)21-18(26)3-2-4-19(21)27/h2-8,13-14H,9-12H2,1H3,(H,28,29,30). The summed E-state index contributed by atoms with van der Waals surface area (Å²) in [5.41, 5.74) is 3.03. The van der Waals surface area contributed by atoms with Gasteiger partial charge in [0.1, 0.15) is 23.1 Å². The molecule has 5 rings (SSSR count). The van der Waals surface area contributed by atoms with Crippen LogP contribution in [0.4, 0.5) is 19.1 Å². The number of nitrogens with zero attached hydrogens (tertiary/aromatic N) is 5. The van der Waals surface area contributed by atoms with Crippen LogP contribution in [0.5, 0.6) is 0 Å². The minimum atomic E-state index is -0.849. The molecule has 7 nitrogen and oxygen atoms in total. The molecule has 0 unspecified atom stereocenters. The van der Waals surface area contributed by atoms with Crippen molar-refractivity contribution in [3.63, 3.8) is 0 Å². The number of ketones is 1. The first kappa shape index (κ1) is 22.1. The Bertz CT molecular complexity index is 1340. The van der Waals surface area contributed by atoms with Crippen LogP contribution in [0.25, 0.3) is 16.7 Å². The lowest BCUT2D eigenvalue weighted by atomic mass is 10.1. The Morgan fingerprint density at radius 2 is 1.65 bits per heavy atom. The van der Waals surface area contributed by atoms with Crippen molar-refractivity contribution >= 4 is 22.8 Å². The number of aromatic nitrogens is 3. The van der Waals surface area contributed by atoms with Gasteiger partial charge in [0.05, 0.1) is 5.69 Å². The van der Waals surface area contributed by atoms with Gasteiger partial charge in [0.15, 0.2) is 5.65 Å². The van der Waals surface area contributed by atoms with Crippen LogP contribution in [0, 0.1) is 17.5 Å². The number of anilines is 1. The van der Waals surface area contributed by atoms with E-state index in [9.17, 15) is 18.0 Å². The van der Waals surface area contributed by atoms with Crippen LogP contribution in [-0.4, -0.2) is 63.5 Å². The molecule has 0 spiro atoms. The average Bonchev–Trinajstić information content (AvgIpc) is 3.19. The van der Waals surface area contributed by atoms with Crippen molar-refractivity contribution in [1.82, 2.24) is 24.4 Å². The predicted molar refractivity (Wildman–Crippen MR) is 121 cm³/mol. The van der Waals surface area contributed by atoms with Gasteiger partial charge < -0.3 is 4.90 Å². The third-order valence-corrected chi connectivity index (χ3v) is 5.80. The number of hydrazine groups is 1. The van der Waals surface area contributed by atoms with E-state index in [1.807, 2.05) is 12.1 Å². The van der Waals surface area contributed by atoms with Gasteiger partial charge in [-0.25, -0.2) is 23.2 Å². The molecule has 0 aliphatic carbocycles. The van der Waals surface area contributed by atoms with Crippen LogP contribution in [0.1, 0.15) is 16.1 Å². The highest BCUT2D eigenvalue weighted by Crippen LogP contribution is 2.29. The maximum Gasteiger partial charge on any atom is 0.239 e. The first-order valence-electron chi connectivity index (χ1n) is 10.7. The lowest BCUT2D eigenvalue weighted by Crippen LogP contribution is -2.47. The largest absolute Gasteiger partial charge is 0.304 e. The summed E-state index contributed by atoms with van der Waals surface area (Å²) in [5, 5.41) is 2.39. The van der Waals surface area contributed by atoms with Crippen LogP contribution in [0.15, 0.2) is 54.7 Å². The fourth-order valence-electron chi connectivity index (χ4n) is 3.95. The van der Waals surface area contributed by atoms with Gasteiger partial charge in [-0.05, 0) is 49.5 Å². The van der Waals surface area contributed by atoms with Crippen LogP contribution < -0.4 is 5.43 Å². The summed E-state index contributed by atoms with van der Waals surface area (Å²) >= 11 is 0. The number of carbonyl (C=O) groups excluding carboxylic acids is 1. The topological polar surface area (TPSA) is 66.3 Å². The molecule has 0 atom stereocenters. The zero-order valence-electron chi connectivity index (χ0n) is 18.3. The smallest absolute Gasteiger partial charge is 0.239 e. The lowest BCUT2D eigenvalue weighted by molar-refractivity contribution is 0.103. The molecule has 10 heteroatoms. The summed E-state index contributed by atoms with van der Waals surface area (Å²) in [7, 11) is 2.04. The predicted octanol–water partition coefficient (Wildman–Crippen LogP) is 3.64. The van der Waals surface area contributed by atoms with E-state index in [-0.39, 0.29) is 22.9 Å². The number of piperazine rings is 1. The molecule has 3 heterocycles. The second-order valence-corrected chi connectivity index (χ2v) is 8.15. The number of carbonyl (C=O) groups is 1. The molecular weight excluding hydrogens is 445 g/mol. The molecule has 1 fully saturated rings. The molecule has 34 heavy (non-hydrogen) atoms. The Balaban J connectivity index is 1.64. The quantitative estimate of drug-likeness (QED) is 0.453. The normalized spacial score (nSPS) is 15.1. The van der Waals surface area contributed by atoms with Crippen molar-refractivity contribution in [3.8, 4) is 5.69 Å². The van der Waals surface area contributed by atoms with Gasteiger partial charge in [-0.15, -0.1) is 0 Å². The van der Waals surface area contributed by atoms with E-state index >= 15 is 0 Å². The summed E-state index contributed by atoms with van der Waals surface area (Å²) < 4.78 is 44.2. The highest BCUT2D eigenvalue weighted by Gasteiger charge is 2.24. The Hall–Kier alpha value is -3.76. The van der Waals surface area contributed by atoms with Gasteiger partial charge in [-0.1, -0.05) is 6.07 Å². The fraction of sp³-hybridized carbons (Fsp3) is 0.208. The highest BCUT2D eigenvalue weighted by atomic mass is 19.1. The first-order valence-corrected chi connectivity index (χ1v) is 10.7. The van der Waals surface area contributed by atoms with E-state index in [1.165, 1.54) is 30.5 Å². The average molecular weight is 466 g/mol. The molecule has 2 aromatic heterocycles. The number of nitrogens with one attached hydrogen (secondary N) is 1. The van der Waals surface area contributed by atoms with Crippen LogP contribution in [-0.2, 0) is 0 Å². The number of hydrogen-bond acceptors (Lipinski definition) is 6. The van der Waals surface area contributed by atoms with E-state index in [2.05, 4.69) is 20.3 Å². The van der Waals surface area contributed by atoms with Crippen molar-refractivity contribution in [3.05, 3.63) is 83.4 Å². The van der Waals surface area contributed by atoms with E-state index in [4.69, 9.17) is 0 Å². The number of fused-ring (bicyclic) bond motifs is 1. The molecule has 1 saturated heterocycles. The lowest BCUT2D eigenvalue weighted by Gasteiger charge is -2.32. The third kappa shape index (κ3) is 4.13. The van der Waals surface area contributed by atoms with E-state index in [1.54, 1.807) is 0 Å². The van der Waals surface area contributed by atoms with Crippen molar-refractivity contribution in [2.24, 2.45) is 0 Å². The molecule has 1 aliphatic heterocycles. The summed E-state index contributed by atoms with van der Waals surface area (Å²) in [6, 6.07) is 9.90. The molecule has 0 saturated carbocycles. The Kier molecular flexibility index (Phi) is 5.76. The molecule has 0 bridgehead atoms. The zero-order valence-corrected chi connectivity index (χ0v) is 18.3. The van der Waals surface area contributed by atoms with Crippen molar-refractivity contribution in [2.45, 2.75) is 0 Å². The summed E-state index contributed by atoms with van der Waals surface area (Å²) in [5.74, 6) is -2.48. The summed E-state index contributed by atoms with van der Waals surface area (Å²) in [6.07, 6.45) is 1.50. The molecule has 174 valence electrons. The van der Waals surface area contributed by atoms with Gasteiger partial charge in [0.25, 0.3) is 0 Å². The van der Waals surface area contributed by atoms with Gasteiger partial charge in [0.2, 0.25) is 11.7 Å². The molecular formula is C24H21F3N6O. The fourth-order valence-corrected chi connectivity index (χ4v) is 3.95. The van der Waals surface area contributed by atoms with Crippen LogP contribution >= 0.6 is 0 Å². The number of rotatable bonds is 5. The van der Waals surface area contributed by atoms with Gasteiger partial charge in [0, 0.05) is 43.3 Å². The summed E-state index contributed by atoms with van der Waals surface area (Å²) in [4.78, 5) is 24.3. The zero-order chi connectivity index (χ0) is 23.8. The molecule has 4 aromatic rings. The number of likely N-dealkylation sites (N-methyl/N-ethyl adjacent to an activating group) is 1. The van der Waals surface area contributed by atoms with Gasteiger partial charge in [-0.3, -0.25) is 14.8 Å². The Labute approximate surface area is 193 Å². The maximum absolute atomic E-state index is 14.9. The number of hydrogen-bond donors (Lipinski definition) is 1. The van der Waals surface area contributed by atoms with E-state index < -0.39 is 28.9 Å². The molecule has 2 aromatic carbocycles. The number of para-hydroxylation sites is 1. The van der Waals surface area contributed by atoms with Crippen molar-refractivity contribution < 1.29 is 18.0 Å². The highest BCUT2D eigenvalue weighted by molar-refractivity contribution is 6.10. The SMILES string of the molecule is CN1CCN(Nc2ncc3cc(C(=O)c4ccc(F)cc4)n(-c4c(F)cccc4F)c3n2)CC1. The second-order valence-electron chi connectivity index (χ2n) is 8.15. The van der Waals surface area contributed by atoms with E-state index in [0.29, 0.717) is 5.39 Å². The Morgan fingerprint density at radius 1 is 0.971 bits per heavy atom. The Morgan fingerprint density at radius 3 is 2.32 bits per heavy atom. The van der Waals surface area contributed by atoms with E-state index in [0.717, 1.165) is 55.0 Å². The minimum Gasteiger partial charge on any atom is -0.304 e. The summed E-state index contributed by atoms with van der Waals surface area (Å²) in [6.45, 7) is 3.22. The third-order valence-electron chi connectivity index (χ3n) is 5.80. The van der Waals surface area contributed by atoms with Gasteiger partial charge in [-0.2, -0.15) is 4.98 Å². The van der Waals surface area contributed by atoms with Crippen LogP contribution in [0.3, 0.4) is 0 Å². The maximum atomic E-state index is 14.9.